The summed E-state index contributed by atoms with van der Waals surface area (Å²) >= 11 is 0. The number of hydrogen-bond acceptors (Lipinski definition) is 6. The molecule has 1 atom stereocenters. The number of aromatic nitrogens is 5. The van der Waals surface area contributed by atoms with Gasteiger partial charge in [0, 0.05) is 43.2 Å². The van der Waals surface area contributed by atoms with E-state index in [0.717, 1.165) is 22.3 Å². The van der Waals surface area contributed by atoms with E-state index in [9.17, 15) is 9.59 Å². The van der Waals surface area contributed by atoms with Gasteiger partial charge in [0.15, 0.2) is 11.5 Å². The normalized spacial score (nSPS) is 16.1. The lowest BCUT2D eigenvalue weighted by Gasteiger charge is -2.24. The van der Waals surface area contributed by atoms with E-state index in [1.165, 1.54) is 17.4 Å². The zero-order chi connectivity index (χ0) is 24.4. The summed E-state index contributed by atoms with van der Waals surface area (Å²) in [5.74, 6) is 0.414. The third-order valence-corrected chi connectivity index (χ3v) is 7.03. The highest BCUT2D eigenvalue weighted by atomic mass is 16.2. The molecule has 10 nitrogen and oxygen atoms in total. The third-order valence-electron chi connectivity index (χ3n) is 7.03. The molecule has 1 saturated carbocycles. The van der Waals surface area contributed by atoms with Gasteiger partial charge in [0.1, 0.15) is 5.56 Å². The Bertz CT molecular complexity index is 1510. The number of rotatable bonds is 5. The topological polar surface area (TPSA) is 123 Å². The number of amides is 2. The Balaban J connectivity index is 1.36. The van der Waals surface area contributed by atoms with Crippen molar-refractivity contribution in [2.75, 3.05) is 11.1 Å². The second kappa shape index (κ2) is 7.66. The first-order valence-electron chi connectivity index (χ1n) is 11.7. The molecule has 1 fully saturated rings. The number of carbonyl (C=O) groups is 2. The van der Waals surface area contributed by atoms with Crippen molar-refractivity contribution in [3.05, 3.63) is 59.0 Å². The maximum Gasteiger partial charge on any atom is 0.263 e. The van der Waals surface area contributed by atoms with E-state index < -0.39 is 5.91 Å². The fourth-order valence-electron chi connectivity index (χ4n) is 5.00. The van der Waals surface area contributed by atoms with Gasteiger partial charge in [-0.1, -0.05) is 0 Å². The largest absolute Gasteiger partial charge is 0.381 e. The molecule has 2 aliphatic rings. The van der Waals surface area contributed by atoms with Gasteiger partial charge in [0.25, 0.3) is 11.8 Å². The van der Waals surface area contributed by atoms with Crippen molar-refractivity contribution in [1.82, 2.24) is 29.3 Å². The van der Waals surface area contributed by atoms with Crippen LogP contribution in [0.15, 0.2) is 36.8 Å². The SMILES string of the molecule is Cc1cc(-c2ccn3nc(N)c(C(=O)Nc4cnn(C)c4)c3n2)cc2c1C(=O)N([C@@H](C)C1CC1)C2. The average molecular weight is 471 g/mol. The molecule has 0 saturated heterocycles. The van der Waals surface area contributed by atoms with E-state index in [-0.39, 0.29) is 23.3 Å². The summed E-state index contributed by atoms with van der Waals surface area (Å²) in [5, 5.41) is 11.1. The maximum atomic E-state index is 13.1. The highest BCUT2D eigenvalue weighted by Gasteiger charge is 2.39. The molecule has 0 spiro atoms. The first-order chi connectivity index (χ1) is 16.8. The van der Waals surface area contributed by atoms with Crippen molar-refractivity contribution in [3.8, 4) is 11.3 Å². The fraction of sp³-hybridized carbons (Fsp3) is 0.320. The van der Waals surface area contributed by atoms with Gasteiger partial charge in [-0.15, -0.1) is 5.10 Å². The van der Waals surface area contributed by atoms with E-state index >= 15 is 0 Å². The molecule has 10 heteroatoms. The molecular weight excluding hydrogens is 444 g/mol. The number of fused-ring (bicyclic) bond motifs is 2. The summed E-state index contributed by atoms with van der Waals surface area (Å²) in [6, 6.07) is 6.11. The van der Waals surface area contributed by atoms with Crippen molar-refractivity contribution in [3.63, 3.8) is 0 Å². The Morgan fingerprint density at radius 1 is 1.29 bits per heavy atom. The molecule has 35 heavy (non-hydrogen) atoms. The van der Waals surface area contributed by atoms with E-state index in [1.807, 2.05) is 30.0 Å². The van der Waals surface area contributed by atoms with Gasteiger partial charge in [-0.2, -0.15) is 5.10 Å². The van der Waals surface area contributed by atoms with Crippen molar-refractivity contribution < 1.29 is 9.59 Å². The van der Waals surface area contributed by atoms with Crippen LogP contribution < -0.4 is 11.1 Å². The first-order valence-corrected chi connectivity index (χ1v) is 11.7. The van der Waals surface area contributed by atoms with Crippen LogP contribution in [0.25, 0.3) is 16.9 Å². The van der Waals surface area contributed by atoms with E-state index in [4.69, 9.17) is 10.7 Å². The lowest BCUT2D eigenvalue weighted by Crippen LogP contribution is -2.34. The van der Waals surface area contributed by atoms with Gasteiger partial charge in [-0.3, -0.25) is 14.3 Å². The van der Waals surface area contributed by atoms with E-state index in [1.54, 1.807) is 30.3 Å². The molecule has 3 N–H and O–H groups in total. The summed E-state index contributed by atoms with van der Waals surface area (Å²) in [4.78, 5) is 32.9. The van der Waals surface area contributed by atoms with Crippen LogP contribution in [-0.4, -0.2) is 47.1 Å². The van der Waals surface area contributed by atoms with Crippen molar-refractivity contribution in [2.45, 2.75) is 39.3 Å². The van der Waals surface area contributed by atoms with Crippen LogP contribution in [0.5, 0.6) is 0 Å². The van der Waals surface area contributed by atoms with Crippen LogP contribution in [0.3, 0.4) is 0 Å². The van der Waals surface area contributed by atoms with Crippen molar-refractivity contribution in [2.24, 2.45) is 13.0 Å². The molecule has 0 radical (unpaired) electrons. The minimum absolute atomic E-state index is 0.0940. The van der Waals surface area contributed by atoms with Gasteiger partial charge in [0.05, 0.1) is 17.6 Å². The summed E-state index contributed by atoms with van der Waals surface area (Å²) in [6.45, 7) is 4.73. The monoisotopic (exact) mass is 470 g/mol. The second-order valence-electron chi connectivity index (χ2n) is 9.54. The third kappa shape index (κ3) is 3.52. The van der Waals surface area contributed by atoms with Crippen LogP contribution in [0.4, 0.5) is 11.5 Å². The Kier molecular flexibility index (Phi) is 4.67. The molecule has 0 unspecified atom stereocenters. The van der Waals surface area contributed by atoms with Crippen LogP contribution in [0, 0.1) is 12.8 Å². The Morgan fingerprint density at radius 2 is 2.09 bits per heavy atom. The summed E-state index contributed by atoms with van der Waals surface area (Å²) in [5.41, 5.74) is 11.5. The lowest BCUT2D eigenvalue weighted by atomic mass is 9.98. The Hall–Kier alpha value is -4.21. The van der Waals surface area contributed by atoms with Crippen LogP contribution in [-0.2, 0) is 13.6 Å². The number of hydrogen-bond donors (Lipinski definition) is 2. The Labute approximate surface area is 201 Å². The predicted molar refractivity (Wildman–Crippen MR) is 131 cm³/mol. The zero-order valence-electron chi connectivity index (χ0n) is 19.8. The number of nitrogens with two attached hydrogens (primary N) is 1. The minimum atomic E-state index is -0.407. The zero-order valence-corrected chi connectivity index (χ0v) is 19.8. The molecule has 3 aromatic heterocycles. The molecule has 1 aliphatic heterocycles. The number of nitrogens with one attached hydrogen (secondary N) is 1. The summed E-state index contributed by atoms with van der Waals surface area (Å²) in [7, 11) is 1.77. The second-order valence-corrected chi connectivity index (χ2v) is 9.54. The first kappa shape index (κ1) is 21.3. The fourth-order valence-corrected chi connectivity index (χ4v) is 5.00. The predicted octanol–water partition coefficient (Wildman–Crippen LogP) is 3.03. The highest BCUT2D eigenvalue weighted by Crippen LogP contribution is 2.39. The van der Waals surface area contributed by atoms with Crippen LogP contribution in [0.1, 0.15) is 51.6 Å². The number of benzene rings is 1. The molecule has 1 aromatic carbocycles. The number of nitrogens with zero attached hydrogens (tertiary/aromatic N) is 6. The molecule has 4 aromatic rings. The van der Waals surface area contributed by atoms with Crippen LogP contribution in [0.2, 0.25) is 0 Å². The van der Waals surface area contributed by atoms with Crippen molar-refractivity contribution in [1.29, 1.82) is 0 Å². The van der Waals surface area contributed by atoms with Gasteiger partial charge >= 0.3 is 0 Å². The molecule has 178 valence electrons. The maximum absolute atomic E-state index is 13.1. The molecule has 6 rings (SSSR count). The van der Waals surface area contributed by atoms with Gasteiger partial charge in [-0.05, 0) is 61.9 Å². The Morgan fingerprint density at radius 3 is 2.80 bits per heavy atom. The number of anilines is 2. The smallest absolute Gasteiger partial charge is 0.263 e. The van der Waals surface area contributed by atoms with Crippen molar-refractivity contribution >= 4 is 29.0 Å². The van der Waals surface area contributed by atoms with Gasteiger partial charge in [0.2, 0.25) is 0 Å². The quantitative estimate of drug-likeness (QED) is 0.462. The number of nitrogen functional groups attached to an aromatic ring is 1. The van der Waals surface area contributed by atoms with Crippen LogP contribution >= 0.6 is 0 Å². The number of aryl methyl sites for hydroxylation is 2. The molecular formula is C25H26N8O2. The lowest BCUT2D eigenvalue weighted by molar-refractivity contribution is 0.0697. The standard InChI is InChI=1S/C25H26N8O2/c1-13-8-16(9-17-11-32(25(35)20(13)17)14(2)15-4-5-15)19-6-7-33-23(29-19)21(22(26)30-33)24(34)28-18-10-27-31(3)12-18/h6-10,12,14-15H,4-5,11H2,1-3H3,(H2,26,30)(H,28,34)/t14-/m0/s1. The molecule has 4 heterocycles. The summed E-state index contributed by atoms with van der Waals surface area (Å²) < 4.78 is 3.10. The number of carbonyl (C=O) groups excluding carboxylic acids is 2. The molecule has 2 amide bonds. The molecule has 0 bridgehead atoms. The van der Waals surface area contributed by atoms with Gasteiger partial charge < -0.3 is 16.0 Å². The van der Waals surface area contributed by atoms with E-state index in [0.29, 0.717) is 29.5 Å². The highest BCUT2D eigenvalue weighted by molar-refractivity contribution is 6.11. The van der Waals surface area contributed by atoms with E-state index in [2.05, 4.69) is 22.4 Å². The average Bonchev–Trinajstić information content (AvgIpc) is 3.39. The summed E-state index contributed by atoms with van der Waals surface area (Å²) in [6.07, 6.45) is 7.38. The molecule has 1 aliphatic carbocycles. The minimum Gasteiger partial charge on any atom is -0.381 e. The van der Waals surface area contributed by atoms with Gasteiger partial charge in [-0.25, -0.2) is 9.50 Å².